The minimum absolute atomic E-state index is 0.0235. The molecule has 132 valence electrons. The van der Waals surface area contributed by atoms with E-state index in [1.165, 1.54) is 19.3 Å². The van der Waals surface area contributed by atoms with Crippen molar-refractivity contribution in [2.24, 2.45) is 11.3 Å². The molecule has 2 aliphatic carbocycles. The Kier molecular flexibility index (Phi) is 4.71. The fraction of sp³-hybridized carbons (Fsp3) is 0.588. The van der Waals surface area contributed by atoms with Crippen molar-refractivity contribution in [1.29, 1.82) is 0 Å². The van der Waals surface area contributed by atoms with Crippen LogP contribution in [0.25, 0.3) is 0 Å². The maximum Gasteiger partial charge on any atom is 0.315 e. The molecule has 1 atom stereocenters. The fourth-order valence-corrected chi connectivity index (χ4v) is 3.53. The van der Waals surface area contributed by atoms with E-state index in [9.17, 15) is 23.1 Å². The molecule has 2 saturated carbocycles. The number of carbonyl (C=O) groups excluding carboxylic acids is 1. The third-order valence-corrected chi connectivity index (χ3v) is 5.29. The first-order valence-corrected chi connectivity index (χ1v) is 8.25. The van der Waals surface area contributed by atoms with E-state index in [4.69, 9.17) is 0 Å². The van der Waals surface area contributed by atoms with Gasteiger partial charge in [-0.3, -0.25) is 0 Å². The van der Waals surface area contributed by atoms with Gasteiger partial charge in [0.1, 0.15) is 0 Å². The monoisotopic (exact) mass is 342 g/mol. The normalized spacial score (nSPS) is 20.2. The van der Waals surface area contributed by atoms with Crippen LogP contribution in [0.3, 0.4) is 0 Å². The molecule has 0 bridgehead atoms. The molecule has 3 rings (SSSR count). The number of urea groups is 1. The summed E-state index contributed by atoms with van der Waals surface area (Å²) in [6, 6.07) is 0.0352. The lowest BCUT2D eigenvalue weighted by Gasteiger charge is -2.42. The molecular weight excluding hydrogens is 321 g/mol. The summed E-state index contributed by atoms with van der Waals surface area (Å²) >= 11 is 0. The standard InChI is InChI=1S/C17H21F3N2O2/c18-12-6-10(7-13(19)15(12)20)14(8-23)22-16(24)21-9-17(4-1-5-17)11-2-3-11/h6-7,11,14,23H,1-5,8-9H2,(H2,21,22,24). The zero-order chi connectivity index (χ0) is 17.3. The van der Waals surface area contributed by atoms with Gasteiger partial charge in [-0.15, -0.1) is 0 Å². The number of halogens is 3. The first-order chi connectivity index (χ1) is 11.4. The molecule has 2 aliphatic rings. The summed E-state index contributed by atoms with van der Waals surface area (Å²) < 4.78 is 39.6. The number of hydrogen-bond acceptors (Lipinski definition) is 2. The van der Waals surface area contributed by atoms with Crippen molar-refractivity contribution < 1.29 is 23.1 Å². The molecule has 0 spiro atoms. The highest BCUT2D eigenvalue weighted by molar-refractivity contribution is 5.74. The van der Waals surface area contributed by atoms with Gasteiger partial charge in [0, 0.05) is 6.54 Å². The third-order valence-electron chi connectivity index (χ3n) is 5.29. The topological polar surface area (TPSA) is 61.4 Å². The molecule has 0 aromatic heterocycles. The van der Waals surface area contributed by atoms with Crippen LogP contribution in [-0.4, -0.2) is 24.3 Å². The summed E-state index contributed by atoms with van der Waals surface area (Å²) in [6.45, 7) is 0.0134. The van der Waals surface area contributed by atoms with Crippen molar-refractivity contribution >= 4 is 6.03 Å². The minimum Gasteiger partial charge on any atom is -0.394 e. The Hall–Kier alpha value is -1.76. The lowest BCUT2D eigenvalue weighted by atomic mass is 9.65. The zero-order valence-electron chi connectivity index (χ0n) is 13.2. The highest BCUT2D eigenvalue weighted by atomic mass is 19.2. The van der Waals surface area contributed by atoms with Crippen LogP contribution >= 0.6 is 0 Å². The van der Waals surface area contributed by atoms with Crippen LogP contribution in [0.5, 0.6) is 0 Å². The summed E-state index contributed by atoms with van der Waals surface area (Å²) in [5.74, 6) is -3.60. The number of carbonyl (C=O) groups is 1. The Balaban J connectivity index is 1.59. The Morgan fingerprint density at radius 2 is 1.88 bits per heavy atom. The van der Waals surface area contributed by atoms with Crippen LogP contribution < -0.4 is 10.6 Å². The first kappa shape index (κ1) is 17.1. The average molecular weight is 342 g/mol. The molecule has 24 heavy (non-hydrogen) atoms. The van der Waals surface area contributed by atoms with E-state index >= 15 is 0 Å². The Morgan fingerprint density at radius 1 is 1.25 bits per heavy atom. The van der Waals surface area contributed by atoms with Crippen LogP contribution in [0.1, 0.15) is 43.7 Å². The molecule has 0 saturated heterocycles. The van der Waals surface area contributed by atoms with Gasteiger partial charge in [-0.1, -0.05) is 6.42 Å². The highest BCUT2D eigenvalue weighted by Gasteiger charge is 2.48. The quantitative estimate of drug-likeness (QED) is 0.696. The van der Waals surface area contributed by atoms with Crippen molar-refractivity contribution in [1.82, 2.24) is 10.6 Å². The second-order valence-electron chi connectivity index (χ2n) is 6.85. The number of aliphatic hydroxyl groups is 1. The number of benzene rings is 1. The van der Waals surface area contributed by atoms with Gasteiger partial charge in [-0.2, -0.15) is 0 Å². The largest absolute Gasteiger partial charge is 0.394 e. The molecule has 4 nitrogen and oxygen atoms in total. The maximum absolute atomic E-state index is 13.3. The van der Waals surface area contributed by atoms with E-state index in [0.29, 0.717) is 12.5 Å². The second-order valence-corrected chi connectivity index (χ2v) is 6.85. The van der Waals surface area contributed by atoms with E-state index in [1.807, 2.05) is 0 Å². The molecule has 1 aromatic carbocycles. The van der Waals surface area contributed by atoms with Crippen LogP contribution in [0, 0.1) is 28.8 Å². The van der Waals surface area contributed by atoms with Gasteiger partial charge in [0.15, 0.2) is 17.5 Å². The van der Waals surface area contributed by atoms with Gasteiger partial charge in [-0.05, 0) is 54.7 Å². The summed E-state index contributed by atoms with van der Waals surface area (Å²) in [5, 5.41) is 14.7. The highest BCUT2D eigenvalue weighted by Crippen LogP contribution is 2.56. The van der Waals surface area contributed by atoms with Crippen LogP contribution in [0.15, 0.2) is 12.1 Å². The number of aliphatic hydroxyl groups excluding tert-OH is 1. The number of hydrogen-bond donors (Lipinski definition) is 3. The molecule has 2 amide bonds. The third kappa shape index (κ3) is 3.36. The van der Waals surface area contributed by atoms with Crippen molar-refractivity contribution in [3.63, 3.8) is 0 Å². The van der Waals surface area contributed by atoms with E-state index < -0.39 is 36.1 Å². The van der Waals surface area contributed by atoms with E-state index in [0.717, 1.165) is 25.0 Å². The zero-order valence-corrected chi connectivity index (χ0v) is 13.2. The van der Waals surface area contributed by atoms with Gasteiger partial charge in [-0.25, -0.2) is 18.0 Å². The molecule has 3 N–H and O–H groups in total. The molecule has 1 aromatic rings. The first-order valence-electron chi connectivity index (χ1n) is 8.25. The van der Waals surface area contributed by atoms with Crippen LogP contribution in [0.2, 0.25) is 0 Å². The fourth-order valence-electron chi connectivity index (χ4n) is 3.53. The predicted molar refractivity (Wildman–Crippen MR) is 81.7 cm³/mol. The van der Waals surface area contributed by atoms with Gasteiger partial charge < -0.3 is 15.7 Å². The van der Waals surface area contributed by atoms with Crippen LogP contribution in [-0.2, 0) is 0 Å². The minimum atomic E-state index is -1.57. The van der Waals surface area contributed by atoms with Crippen molar-refractivity contribution in [2.45, 2.75) is 38.1 Å². The number of rotatable bonds is 6. The lowest BCUT2D eigenvalue weighted by Crippen LogP contribution is -2.47. The SMILES string of the molecule is O=C(NCC1(C2CC2)CCC1)NC(CO)c1cc(F)c(F)c(F)c1. The predicted octanol–water partition coefficient (Wildman–Crippen LogP) is 3.02. The average Bonchev–Trinajstić information content (AvgIpc) is 3.34. The number of nitrogens with one attached hydrogen (secondary N) is 2. The summed E-state index contributed by atoms with van der Waals surface area (Å²) in [4.78, 5) is 12.1. The smallest absolute Gasteiger partial charge is 0.315 e. The maximum atomic E-state index is 13.3. The van der Waals surface area contributed by atoms with E-state index in [-0.39, 0.29) is 11.0 Å². The van der Waals surface area contributed by atoms with Gasteiger partial charge >= 0.3 is 6.03 Å². The van der Waals surface area contributed by atoms with Crippen molar-refractivity contribution in [3.05, 3.63) is 35.1 Å². The second kappa shape index (κ2) is 6.63. The van der Waals surface area contributed by atoms with Crippen molar-refractivity contribution in [2.75, 3.05) is 13.2 Å². The Morgan fingerprint density at radius 3 is 2.33 bits per heavy atom. The molecule has 0 aliphatic heterocycles. The van der Waals surface area contributed by atoms with Crippen LogP contribution in [0.4, 0.5) is 18.0 Å². The molecule has 7 heteroatoms. The molecule has 0 heterocycles. The summed E-state index contributed by atoms with van der Waals surface area (Å²) in [7, 11) is 0. The van der Waals surface area contributed by atoms with E-state index in [2.05, 4.69) is 10.6 Å². The van der Waals surface area contributed by atoms with Gasteiger partial charge in [0.25, 0.3) is 0 Å². The Labute approximate surface area is 138 Å². The number of amides is 2. The molecule has 2 fully saturated rings. The molecular formula is C17H21F3N2O2. The lowest BCUT2D eigenvalue weighted by molar-refractivity contribution is 0.101. The molecule has 1 unspecified atom stereocenters. The van der Waals surface area contributed by atoms with E-state index in [1.54, 1.807) is 0 Å². The Bertz CT molecular complexity index is 607. The summed E-state index contributed by atoms with van der Waals surface area (Å²) in [6.07, 6.45) is 5.80. The van der Waals surface area contributed by atoms with Gasteiger partial charge in [0.05, 0.1) is 12.6 Å². The van der Waals surface area contributed by atoms with Crippen molar-refractivity contribution in [3.8, 4) is 0 Å². The van der Waals surface area contributed by atoms with Gasteiger partial charge in [0.2, 0.25) is 0 Å². The summed E-state index contributed by atoms with van der Waals surface area (Å²) in [5.41, 5.74) is 0.171. The molecule has 0 radical (unpaired) electrons.